The van der Waals surface area contributed by atoms with Crippen molar-refractivity contribution in [1.82, 2.24) is 5.32 Å². The summed E-state index contributed by atoms with van der Waals surface area (Å²) >= 11 is 3.51. The molecule has 0 saturated heterocycles. The number of amides is 1. The highest BCUT2D eigenvalue weighted by Crippen LogP contribution is 2.31. The fourth-order valence-corrected chi connectivity index (χ4v) is 2.53. The summed E-state index contributed by atoms with van der Waals surface area (Å²) in [7, 11) is 0. The number of ether oxygens (including phenoxy) is 2. The van der Waals surface area contributed by atoms with E-state index >= 15 is 0 Å². The minimum atomic E-state index is -0.476. The fourth-order valence-electron chi connectivity index (χ4n) is 2.18. The molecule has 0 heterocycles. The van der Waals surface area contributed by atoms with Gasteiger partial charge in [0, 0.05) is 24.1 Å². The number of halogens is 1. The second-order valence-corrected chi connectivity index (χ2v) is 7.33. The summed E-state index contributed by atoms with van der Waals surface area (Å²) < 4.78 is 12.1. The molecule has 0 aromatic heterocycles. The Bertz CT molecular complexity index is 525. The molecule has 0 aliphatic carbocycles. The second-order valence-electron chi connectivity index (χ2n) is 6.42. The number of hydrogen-bond donors (Lipinski definition) is 1. The Labute approximate surface area is 153 Å². The molecule has 1 N–H and O–H groups in total. The van der Waals surface area contributed by atoms with Gasteiger partial charge in [0.15, 0.2) is 0 Å². The summed E-state index contributed by atoms with van der Waals surface area (Å²) in [6.07, 6.45) is 0.322. The Balaban J connectivity index is 2.47. The van der Waals surface area contributed by atoms with Crippen molar-refractivity contribution in [3.63, 3.8) is 0 Å². The maximum atomic E-state index is 11.6. The van der Waals surface area contributed by atoms with Crippen molar-refractivity contribution in [2.75, 3.05) is 31.1 Å². The summed E-state index contributed by atoms with van der Waals surface area (Å²) in [6, 6.07) is 6.02. The molecule has 0 aliphatic heterocycles. The van der Waals surface area contributed by atoms with Crippen molar-refractivity contribution in [3.05, 3.63) is 22.7 Å². The minimum absolute atomic E-state index is 0.394. The van der Waals surface area contributed by atoms with E-state index in [-0.39, 0.29) is 0 Å². The van der Waals surface area contributed by atoms with Crippen LogP contribution < -0.4 is 15.0 Å². The molecule has 6 heteroatoms. The van der Waals surface area contributed by atoms with Crippen molar-refractivity contribution in [2.24, 2.45) is 0 Å². The standard InChI is InChI=1S/C18H29BrN2O3/c1-6-21(7-2)15-13-14(19)9-10-16(15)23-12-8-11-20-17(22)24-18(3,4)5/h9-10,13H,6-8,11-12H2,1-5H3,(H,20,22). The lowest BCUT2D eigenvalue weighted by Gasteiger charge is -2.24. The molecule has 1 amide bonds. The highest BCUT2D eigenvalue weighted by Gasteiger charge is 2.15. The fraction of sp³-hybridized carbons (Fsp3) is 0.611. The van der Waals surface area contributed by atoms with Crippen LogP contribution in [0, 0.1) is 0 Å². The molecule has 0 bridgehead atoms. The monoisotopic (exact) mass is 400 g/mol. The topological polar surface area (TPSA) is 50.8 Å². The molecular formula is C18H29BrN2O3. The van der Waals surface area contributed by atoms with Crippen molar-refractivity contribution >= 4 is 27.7 Å². The average molecular weight is 401 g/mol. The van der Waals surface area contributed by atoms with Crippen LogP contribution in [0.4, 0.5) is 10.5 Å². The summed E-state index contributed by atoms with van der Waals surface area (Å²) in [5.74, 6) is 0.860. The smallest absolute Gasteiger partial charge is 0.407 e. The number of benzene rings is 1. The molecule has 0 aliphatic rings. The number of carbonyl (C=O) groups excluding carboxylic acids is 1. The minimum Gasteiger partial charge on any atom is -0.491 e. The van der Waals surface area contributed by atoms with Crippen LogP contribution in [0.25, 0.3) is 0 Å². The molecule has 0 spiro atoms. The van der Waals surface area contributed by atoms with Crippen LogP contribution in [0.5, 0.6) is 5.75 Å². The quantitative estimate of drug-likeness (QED) is 0.648. The van der Waals surface area contributed by atoms with E-state index in [0.717, 1.165) is 29.0 Å². The number of nitrogens with zero attached hydrogens (tertiary/aromatic N) is 1. The molecule has 1 aromatic rings. The average Bonchev–Trinajstić information content (AvgIpc) is 2.48. The molecule has 0 fully saturated rings. The Morgan fingerprint density at radius 3 is 2.50 bits per heavy atom. The van der Waals surface area contributed by atoms with E-state index in [4.69, 9.17) is 9.47 Å². The summed E-state index contributed by atoms with van der Waals surface area (Å²) in [6.45, 7) is 12.7. The normalized spacial score (nSPS) is 11.1. The van der Waals surface area contributed by atoms with Gasteiger partial charge in [-0.05, 0) is 59.2 Å². The largest absolute Gasteiger partial charge is 0.491 e. The molecule has 24 heavy (non-hydrogen) atoms. The molecule has 136 valence electrons. The third-order valence-corrected chi connectivity index (χ3v) is 3.77. The van der Waals surface area contributed by atoms with E-state index in [2.05, 4.69) is 46.1 Å². The zero-order valence-corrected chi connectivity index (χ0v) is 16.9. The zero-order chi connectivity index (χ0) is 18.2. The van der Waals surface area contributed by atoms with Gasteiger partial charge < -0.3 is 19.7 Å². The Morgan fingerprint density at radius 2 is 1.92 bits per heavy atom. The predicted octanol–water partition coefficient (Wildman–Crippen LogP) is 4.59. The number of alkyl carbamates (subject to hydrolysis) is 1. The van der Waals surface area contributed by atoms with Crippen molar-refractivity contribution < 1.29 is 14.3 Å². The maximum absolute atomic E-state index is 11.6. The number of nitrogens with one attached hydrogen (secondary N) is 1. The van der Waals surface area contributed by atoms with Crippen molar-refractivity contribution in [1.29, 1.82) is 0 Å². The Hall–Kier alpha value is -1.43. The first kappa shape index (κ1) is 20.6. The molecular weight excluding hydrogens is 372 g/mol. The molecule has 0 atom stereocenters. The Kier molecular flexibility index (Phi) is 8.39. The van der Waals surface area contributed by atoms with Crippen LogP contribution >= 0.6 is 15.9 Å². The van der Waals surface area contributed by atoms with Crippen molar-refractivity contribution in [2.45, 2.75) is 46.6 Å². The van der Waals surface area contributed by atoms with Crippen LogP contribution in [-0.4, -0.2) is 37.9 Å². The zero-order valence-electron chi connectivity index (χ0n) is 15.3. The van der Waals surface area contributed by atoms with Gasteiger partial charge >= 0.3 is 6.09 Å². The first-order chi connectivity index (χ1) is 11.3. The first-order valence-electron chi connectivity index (χ1n) is 8.41. The molecule has 1 aromatic carbocycles. The maximum Gasteiger partial charge on any atom is 0.407 e. The van der Waals surface area contributed by atoms with Crippen LogP contribution in [0.15, 0.2) is 22.7 Å². The first-order valence-corrected chi connectivity index (χ1v) is 9.20. The van der Waals surface area contributed by atoms with Gasteiger partial charge in [0.25, 0.3) is 0 Å². The second kappa shape index (κ2) is 9.77. The molecule has 0 radical (unpaired) electrons. The lowest BCUT2D eigenvalue weighted by molar-refractivity contribution is 0.0525. The van der Waals surface area contributed by atoms with Gasteiger partial charge in [-0.25, -0.2) is 4.79 Å². The number of rotatable bonds is 8. The third-order valence-electron chi connectivity index (χ3n) is 3.27. The molecule has 0 saturated carbocycles. The van der Waals surface area contributed by atoms with E-state index in [1.807, 2.05) is 32.9 Å². The van der Waals surface area contributed by atoms with Gasteiger partial charge in [0.1, 0.15) is 11.4 Å². The van der Waals surface area contributed by atoms with Gasteiger partial charge in [-0.15, -0.1) is 0 Å². The highest BCUT2D eigenvalue weighted by molar-refractivity contribution is 9.10. The van der Waals surface area contributed by atoms with Gasteiger partial charge in [0.05, 0.1) is 12.3 Å². The van der Waals surface area contributed by atoms with Crippen LogP contribution in [0.2, 0.25) is 0 Å². The van der Waals surface area contributed by atoms with Gasteiger partial charge in [-0.1, -0.05) is 15.9 Å². The lowest BCUT2D eigenvalue weighted by atomic mass is 10.2. The molecule has 1 rings (SSSR count). The Morgan fingerprint density at radius 1 is 1.25 bits per heavy atom. The van der Waals surface area contributed by atoms with Gasteiger partial charge in [0.2, 0.25) is 0 Å². The summed E-state index contributed by atoms with van der Waals surface area (Å²) in [5, 5.41) is 2.74. The van der Waals surface area contributed by atoms with Crippen LogP contribution in [0.1, 0.15) is 41.0 Å². The lowest BCUT2D eigenvalue weighted by Crippen LogP contribution is -2.33. The van der Waals surface area contributed by atoms with E-state index in [9.17, 15) is 4.79 Å². The summed E-state index contributed by atoms with van der Waals surface area (Å²) in [5.41, 5.74) is 0.603. The highest BCUT2D eigenvalue weighted by atomic mass is 79.9. The number of carbonyl (C=O) groups is 1. The summed E-state index contributed by atoms with van der Waals surface area (Å²) in [4.78, 5) is 13.8. The van der Waals surface area contributed by atoms with Crippen molar-refractivity contribution in [3.8, 4) is 5.75 Å². The van der Waals surface area contributed by atoms with Gasteiger partial charge in [-0.3, -0.25) is 0 Å². The third kappa shape index (κ3) is 7.43. The predicted molar refractivity (Wildman–Crippen MR) is 102 cm³/mol. The van der Waals surface area contributed by atoms with Crippen LogP contribution in [-0.2, 0) is 4.74 Å². The SMILES string of the molecule is CCN(CC)c1cc(Br)ccc1OCCCNC(=O)OC(C)(C)C. The number of hydrogen-bond acceptors (Lipinski definition) is 4. The molecule has 5 nitrogen and oxygen atoms in total. The number of anilines is 1. The van der Waals surface area contributed by atoms with Crippen LogP contribution in [0.3, 0.4) is 0 Å². The van der Waals surface area contributed by atoms with E-state index in [1.54, 1.807) is 0 Å². The molecule has 0 unspecified atom stereocenters. The van der Waals surface area contributed by atoms with E-state index < -0.39 is 11.7 Å². The van der Waals surface area contributed by atoms with Gasteiger partial charge in [-0.2, -0.15) is 0 Å². The van der Waals surface area contributed by atoms with E-state index in [0.29, 0.717) is 19.6 Å². The van der Waals surface area contributed by atoms with E-state index in [1.165, 1.54) is 0 Å².